The van der Waals surface area contributed by atoms with Crippen LogP contribution >= 0.6 is 0 Å². The van der Waals surface area contributed by atoms with Crippen LogP contribution in [0.25, 0.3) is 0 Å². The zero-order valence-electron chi connectivity index (χ0n) is 7.50. The second-order valence-corrected chi connectivity index (χ2v) is 2.73. The Kier molecular flexibility index (Phi) is 2.35. The number of benzene rings is 1. The van der Waals surface area contributed by atoms with Crippen molar-refractivity contribution in [2.24, 2.45) is 0 Å². The zero-order valence-corrected chi connectivity index (χ0v) is 7.50. The fraction of sp³-hybridized carbons (Fsp3) is 0. The standard InChI is InChI=1S/C8H4O8/c9-7(10)3-1-2-4-5(8(11)12)6(3)14-16-15-13-4/h1-2H,(H,9,10)(H,11,12). The molecule has 1 heterocycles. The van der Waals surface area contributed by atoms with Crippen LogP contribution in [0.5, 0.6) is 11.5 Å². The van der Waals surface area contributed by atoms with Crippen molar-refractivity contribution in [3.63, 3.8) is 0 Å². The van der Waals surface area contributed by atoms with Crippen molar-refractivity contribution in [2.75, 3.05) is 0 Å². The summed E-state index contributed by atoms with van der Waals surface area (Å²) in [7, 11) is 0. The van der Waals surface area contributed by atoms with Crippen LogP contribution in [-0.2, 0) is 10.1 Å². The molecular formula is C8H4O8. The van der Waals surface area contributed by atoms with Crippen LogP contribution < -0.4 is 9.78 Å². The van der Waals surface area contributed by atoms with E-state index >= 15 is 0 Å². The summed E-state index contributed by atoms with van der Waals surface area (Å²) in [6.45, 7) is 0. The third kappa shape index (κ3) is 1.51. The van der Waals surface area contributed by atoms with Crippen molar-refractivity contribution in [3.8, 4) is 11.5 Å². The Morgan fingerprint density at radius 2 is 1.69 bits per heavy atom. The first kappa shape index (κ1) is 10.2. The molecule has 0 saturated carbocycles. The van der Waals surface area contributed by atoms with Crippen LogP contribution in [0.2, 0.25) is 0 Å². The van der Waals surface area contributed by atoms with Gasteiger partial charge in [0.15, 0.2) is 11.3 Å². The van der Waals surface area contributed by atoms with Crippen LogP contribution in [0.15, 0.2) is 12.1 Å². The number of hydrogen-bond donors (Lipinski definition) is 2. The molecule has 1 aromatic carbocycles. The van der Waals surface area contributed by atoms with Crippen LogP contribution in [0.1, 0.15) is 20.7 Å². The van der Waals surface area contributed by atoms with E-state index in [2.05, 4.69) is 19.9 Å². The number of aromatic carboxylic acids is 2. The first-order valence-corrected chi connectivity index (χ1v) is 3.92. The lowest BCUT2D eigenvalue weighted by atomic mass is 10.1. The predicted molar refractivity (Wildman–Crippen MR) is 43.8 cm³/mol. The van der Waals surface area contributed by atoms with Gasteiger partial charge in [-0.3, -0.25) is 0 Å². The average Bonchev–Trinajstić information content (AvgIpc) is 2.36. The summed E-state index contributed by atoms with van der Waals surface area (Å²) in [6.07, 6.45) is 0. The maximum Gasteiger partial charge on any atom is 0.343 e. The molecule has 16 heavy (non-hydrogen) atoms. The number of carboxylic acid groups (broad SMARTS) is 2. The molecule has 2 rings (SSSR count). The molecule has 0 saturated heterocycles. The van der Waals surface area contributed by atoms with Crippen molar-refractivity contribution in [2.45, 2.75) is 0 Å². The van der Waals surface area contributed by atoms with Gasteiger partial charge < -0.3 is 20.0 Å². The van der Waals surface area contributed by atoms with E-state index in [4.69, 9.17) is 10.2 Å². The third-order valence-electron chi connectivity index (χ3n) is 1.83. The smallest absolute Gasteiger partial charge is 0.343 e. The summed E-state index contributed by atoms with van der Waals surface area (Å²) < 4.78 is 0. The summed E-state index contributed by atoms with van der Waals surface area (Å²) >= 11 is 0. The summed E-state index contributed by atoms with van der Waals surface area (Å²) in [4.78, 5) is 30.5. The van der Waals surface area contributed by atoms with Gasteiger partial charge in [0.05, 0.1) is 0 Å². The maximum absolute atomic E-state index is 10.9. The molecule has 1 aliphatic heterocycles. The molecule has 1 aromatic rings. The van der Waals surface area contributed by atoms with Gasteiger partial charge in [-0.2, -0.15) is 0 Å². The van der Waals surface area contributed by atoms with Crippen molar-refractivity contribution < 1.29 is 39.7 Å². The molecule has 8 heteroatoms. The highest BCUT2D eigenvalue weighted by atomic mass is 17.7. The minimum Gasteiger partial charge on any atom is -0.478 e. The second-order valence-electron chi connectivity index (χ2n) is 2.73. The largest absolute Gasteiger partial charge is 0.478 e. The molecule has 0 atom stereocenters. The topological polar surface area (TPSA) is 112 Å². The molecule has 0 aromatic heterocycles. The monoisotopic (exact) mass is 228 g/mol. The normalized spacial score (nSPS) is 13.2. The molecule has 0 spiro atoms. The number of carboxylic acids is 2. The van der Waals surface area contributed by atoms with Gasteiger partial charge in [-0.25, -0.2) is 9.59 Å². The molecule has 84 valence electrons. The zero-order chi connectivity index (χ0) is 11.7. The molecule has 0 aliphatic carbocycles. The highest BCUT2D eigenvalue weighted by molar-refractivity contribution is 6.00. The van der Waals surface area contributed by atoms with Crippen LogP contribution in [0.3, 0.4) is 0 Å². The number of carbonyl (C=O) groups is 2. The first-order chi connectivity index (χ1) is 7.61. The lowest BCUT2D eigenvalue weighted by Gasteiger charge is -2.04. The Morgan fingerprint density at radius 1 is 1.00 bits per heavy atom. The summed E-state index contributed by atoms with van der Waals surface area (Å²) in [5.41, 5.74) is -0.868. The Bertz CT molecular complexity index is 465. The number of fused-ring (bicyclic) bond motifs is 2. The molecule has 0 unspecified atom stereocenters. The van der Waals surface area contributed by atoms with Gasteiger partial charge in [0, 0.05) is 10.1 Å². The highest BCUT2D eigenvalue weighted by Crippen LogP contribution is 2.34. The quantitative estimate of drug-likeness (QED) is 0.709. The maximum atomic E-state index is 10.9. The van der Waals surface area contributed by atoms with E-state index in [-0.39, 0.29) is 11.3 Å². The van der Waals surface area contributed by atoms with Crippen molar-refractivity contribution in [1.82, 2.24) is 0 Å². The highest BCUT2D eigenvalue weighted by Gasteiger charge is 2.29. The SMILES string of the molecule is O=C(O)c1ccc2c(C(=O)O)c1OOOO2. The van der Waals surface area contributed by atoms with E-state index in [1.807, 2.05) is 0 Å². The van der Waals surface area contributed by atoms with E-state index in [0.29, 0.717) is 0 Å². The van der Waals surface area contributed by atoms with Gasteiger partial charge in [-0.15, -0.1) is 0 Å². The third-order valence-corrected chi connectivity index (χ3v) is 1.83. The number of rotatable bonds is 2. The Labute approximate surface area is 87.3 Å². The van der Waals surface area contributed by atoms with Gasteiger partial charge in [-0.1, -0.05) is 0 Å². The minimum absolute atomic E-state index is 0.218. The van der Waals surface area contributed by atoms with Gasteiger partial charge >= 0.3 is 11.9 Å². The lowest BCUT2D eigenvalue weighted by Crippen LogP contribution is -2.07. The van der Waals surface area contributed by atoms with E-state index in [9.17, 15) is 9.59 Å². The molecule has 2 bridgehead atoms. The minimum atomic E-state index is -1.43. The molecule has 8 nitrogen and oxygen atoms in total. The molecule has 0 amide bonds. The molecule has 1 aliphatic rings. The van der Waals surface area contributed by atoms with E-state index in [1.54, 1.807) is 0 Å². The number of hydrogen-bond acceptors (Lipinski definition) is 6. The first-order valence-electron chi connectivity index (χ1n) is 3.92. The van der Waals surface area contributed by atoms with Crippen molar-refractivity contribution in [1.29, 1.82) is 0 Å². The van der Waals surface area contributed by atoms with Crippen LogP contribution in [0, 0.1) is 0 Å². The fourth-order valence-electron chi connectivity index (χ4n) is 1.19. The lowest BCUT2D eigenvalue weighted by molar-refractivity contribution is -0.572. The molecule has 2 N–H and O–H groups in total. The van der Waals surface area contributed by atoms with E-state index in [1.165, 1.54) is 0 Å². The van der Waals surface area contributed by atoms with Crippen LogP contribution in [0.4, 0.5) is 0 Å². The molecule has 0 radical (unpaired) electrons. The van der Waals surface area contributed by atoms with Crippen molar-refractivity contribution >= 4 is 11.9 Å². The van der Waals surface area contributed by atoms with Gasteiger partial charge in [0.1, 0.15) is 5.56 Å². The summed E-state index contributed by atoms with van der Waals surface area (Å²) in [5.74, 6) is -3.50. The van der Waals surface area contributed by atoms with E-state index in [0.717, 1.165) is 12.1 Å². The Hall–Kier alpha value is -2.32. The van der Waals surface area contributed by atoms with Crippen LogP contribution in [-0.4, -0.2) is 22.2 Å². The van der Waals surface area contributed by atoms with Gasteiger partial charge in [0.2, 0.25) is 5.75 Å². The van der Waals surface area contributed by atoms with Gasteiger partial charge in [-0.05, 0) is 12.1 Å². The molecule has 0 fully saturated rings. The summed E-state index contributed by atoms with van der Waals surface area (Å²) in [5, 5.41) is 25.7. The Morgan fingerprint density at radius 3 is 2.31 bits per heavy atom. The molecular weight excluding hydrogens is 224 g/mol. The van der Waals surface area contributed by atoms with Crippen molar-refractivity contribution in [3.05, 3.63) is 23.3 Å². The predicted octanol–water partition coefficient (Wildman–Crippen LogP) is 0.632. The van der Waals surface area contributed by atoms with Gasteiger partial charge in [0.25, 0.3) is 0 Å². The second kappa shape index (κ2) is 3.68. The Balaban J connectivity index is 2.69. The summed E-state index contributed by atoms with van der Waals surface area (Å²) in [6, 6.07) is 2.23. The average molecular weight is 228 g/mol. The van der Waals surface area contributed by atoms with E-state index < -0.39 is 23.3 Å². The fourth-order valence-corrected chi connectivity index (χ4v) is 1.19.